The van der Waals surface area contributed by atoms with Gasteiger partial charge in [0.15, 0.2) is 6.23 Å². The molecule has 9 nitrogen and oxygen atoms in total. The van der Waals surface area contributed by atoms with E-state index in [2.05, 4.69) is 20.4 Å². The van der Waals surface area contributed by atoms with Crippen molar-refractivity contribution in [1.29, 1.82) is 0 Å². The fraction of sp³-hybridized carbons (Fsp3) is 0.407. The molecule has 0 fully saturated rings. The standard InChI is InChI=1S/C27H35F2N3O6/c1-18(16-20-8-10-21(34)11-9-20)26(37-22-6-5-7-23(17-22)38-27(3,28)29)32-24(30-4)19(2)25(35)31-12-14-36-15-13-33/h5-11,16-17,19,26,33-34H,12-15H2,1-4H3,(H,30,32)(H,31,35). The second-order valence-electron chi connectivity index (χ2n) is 8.46. The first-order chi connectivity index (χ1) is 18.0. The van der Waals surface area contributed by atoms with Crippen molar-refractivity contribution in [2.24, 2.45) is 10.9 Å². The third kappa shape index (κ3) is 10.7. The van der Waals surface area contributed by atoms with Gasteiger partial charge in [0.2, 0.25) is 5.91 Å². The van der Waals surface area contributed by atoms with E-state index in [1.54, 1.807) is 44.2 Å². The number of halogens is 2. The van der Waals surface area contributed by atoms with Crippen LogP contribution >= 0.6 is 0 Å². The Kier molecular flexibility index (Phi) is 12.0. The van der Waals surface area contributed by atoms with Crippen LogP contribution in [0.4, 0.5) is 8.78 Å². The Hall–Kier alpha value is -3.70. The van der Waals surface area contributed by atoms with Crippen LogP contribution in [-0.4, -0.2) is 67.7 Å². The lowest BCUT2D eigenvalue weighted by Gasteiger charge is -2.26. The lowest BCUT2D eigenvalue weighted by atomic mass is 10.1. The van der Waals surface area contributed by atoms with E-state index in [1.165, 1.54) is 25.2 Å². The van der Waals surface area contributed by atoms with E-state index in [-0.39, 0.29) is 49.5 Å². The van der Waals surface area contributed by atoms with Crippen molar-refractivity contribution in [3.05, 3.63) is 59.7 Å². The summed E-state index contributed by atoms with van der Waals surface area (Å²) in [5.41, 5.74) is 1.45. The average Bonchev–Trinajstić information content (AvgIpc) is 2.86. The first-order valence-corrected chi connectivity index (χ1v) is 12.0. The summed E-state index contributed by atoms with van der Waals surface area (Å²) in [7, 11) is 1.53. The number of aromatic hydroxyl groups is 1. The van der Waals surface area contributed by atoms with Crippen molar-refractivity contribution in [3.8, 4) is 17.2 Å². The van der Waals surface area contributed by atoms with Gasteiger partial charge in [-0.1, -0.05) is 24.3 Å². The molecule has 0 heterocycles. The molecular weight excluding hydrogens is 500 g/mol. The summed E-state index contributed by atoms with van der Waals surface area (Å²) >= 11 is 0. The highest BCUT2D eigenvalue weighted by molar-refractivity contribution is 6.02. The van der Waals surface area contributed by atoms with E-state index in [0.717, 1.165) is 5.56 Å². The largest absolute Gasteiger partial charge is 0.508 e. The molecule has 11 heteroatoms. The molecule has 0 aliphatic carbocycles. The molecule has 0 spiro atoms. The molecule has 2 aromatic carbocycles. The van der Waals surface area contributed by atoms with Crippen LogP contribution in [0.2, 0.25) is 0 Å². The Morgan fingerprint density at radius 2 is 1.84 bits per heavy atom. The van der Waals surface area contributed by atoms with Crippen LogP contribution in [0.3, 0.4) is 0 Å². The minimum atomic E-state index is -3.36. The number of ether oxygens (including phenoxy) is 3. The molecule has 4 N–H and O–H groups in total. The number of nitrogens with one attached hydrogen (secondary N) is 2. The van der Waals surface area contributed by atoms with Crippen molar-refractivity contribution in [2.45, 2.75) is 33.1 Å². The minimum absolute atomic E-state index is 0.0746. The molecule has 0 saturated heterocycles. The van der Waals surface area contributed by atoms with E-state index < -0.39 is 18.3 Å². The molecule has 2 atom stereocenters. The van der Waals surface area contributed by atoms with Gasteiger partial charge in [-0.2, -0.15) is 8.78 Å². The molecule has 208 valence electrons. The van der Waals surface area contributed by atoms with Gasteiger partial charge in [-0.05, 0) is 49.2 Å². The number of benzene rings is 2. The summed E-state index contributed by atoms with van der Waals surface area (Å²) in [4.78, 5) is 16.9. The zero-order valence-electron chi connectivity index (χ0n) is 21.9. The number of carbonyl (C=O) groups excluding carboxylic acids is 1. The van der Waals surface area contributed by atoms with Crippen LogP contribution in [0.1, 0.15) is 26.3 Å². The van der Waals surface area contributed by atoms with E-state index in [1.807, 2.05) is 6.08 Å². The number of carbonyl (C=O) groups is 1. The van der Waals surface area contributed by atoms with Crippen LogP contribution in [0.25, 0.3) is 6.08 Å². The molecule has 1 amide bonds. The Labute approximate surface area is 221 Å². The SMILES string of the molecule is CN=C(NC(Oc1cccc(OC(C)(F)F)c1)C(C)=Cc1ccc(O)cc1)C(C)C(=O)NCCOCCO. The molecule has 2 rings (SSSR count). The van der Waals surface area contributed by atoms with Gasteiger partial charge in [-0.25, -0.2) is 0 Å². The van der Waals surface area contributed by atoms with Gasteiger partial charge >= 0.3 is 6.11 Å². The Balaban J connectivity index is 2.25. The van der Waals surface area contributed by atoms with Crippen molar-refractivity contribution in [2.75, 3.05) is 33.4 Å². The van der Waals surface area contributed by atoms with Crippen LogP contribution in [0, 0.1) is 5.92 Å². The highest BCUT2D eigenvalue weighted by Gasteiger charge is 2.25. The molecule has 2 aromatic rings. The Morgan fingerprint density at radius 3 is 2.47 bits per heavy atom. The number of aliphatic imine (C=N–C) groups is 1. The monoisotopic (exact) mass is 535 g/mol. The number of amides is 1. The third-order valence-corrected chi connectivity index (χ3v) is 5.16. The van der Waals surface area contributed by atoms with Crippen LogP contribution < -0.4 is 20.1 Å². The second-order valence-corrected chi connectivity index (χ2v) is 8.46. The van der Waals surface area contributed by atoms with Crippen molar-refractivity contribution < 1.29 is 38.0 Å². The summed E-state index contributed by atoms with van der Waals surface area (Å²) in [6.07, 6.45) is -2.39. The highest BCUT2D eigenvalue weighted by atomic mass is 19.3. The average molecular weight is 536 g/mol. The highest BCUT2D eigenvalue weighted by Crippen LogP contribution is 2.26. The summed E-state index contributed by atoms with van der Waals surface area (Å²) < 4.78 is 42.6. The quantitative estimate of drug-likeness (QED) is 0.126. The Bertz CT molecular complexity index is 1090. The maximum absolute atomic E-state index is 13.4. The number of amidine groups is 1. The number of rotatable bonds is 14. The van der Waals surface area contributed by atoms with Gasteiger partial charge in [0.05, 0.1) is 25.7 Å². The van der Waals surface area contributed by atoms with Crippen molar-refractivity contribution in [1.82, 2.24) is 10.6 Å². The van der Waals surface area contributed by atoms with Crippen molar-refractivity contribution >= 4 is 17.8 Å². The summed E-state index contributed by atoms with van der Waals surface area (Å²) in [6.45, 7) is 4.70. The molecule has 0 aliphatic rings. The molecule has 2 unspecified atom stereocenters. The lowest BCUT2D eigenvalue weighted by molar-refractivity contribution is -0.159. The smallest absolute Gasteiger partial charge is 0.394 e. The molecule has 0 aromatic heterocycles. The maximum atomic E-state index is 13.4. The number of aliphatic hydroxyl groups excluding tert-OH is 1. The van der Waals surface area contributed by atoms with Crippen LogP contribution in [0.5, 0.6) is 17.2 Å². The predicted octanol–water partition coefficient (Wildman–Crippen LogP) is 3.57. The number of aliphatic hydroxyl groups is 1. The molecule has 0 aliphatic heterocycles. The van der Waals surface area contributed by atoms with Gasteiger partial charge in [-0.15, -0.1) is 0 Å². The molecule has 0 bridgehead atoms. The molecule has 0 radical (unpaired) electrons. The fourth-order valence-corrected chi connectivity index (χ4v) is 3.31. The van der Waals surface area contributed by atoms with Gasteiger partial charge in [-0.3, -0.25) is 9.79 Å². The lowest BCUT2D eigenvalue weighted by Crippen LogP contribution is -2.47. The number of phenols is 1. The van der Waals surface area contributed by atoms with Gasteiger partial charge < -0.3 is 35.1 Å². The molecular formula is C27H35F2N3O6. The fourth-order valence-electron chi connectivity index (χ4n) is 3.31. The zero-order chi connectivity index (χ0) is 28.1. The minimum Gasteiger partial charge on any atom is -0.508 e. The Morgan fingerprint density at radius 1 is 1.16 bits per heavy atom. The normalized spacial score (nSPS) is 14.0. The summed E-state index contributed by atoms with van der Waals surface area (Å²) in [5, 5.41) is 24.2. The predicted molar refractivity (Wildman–Crippen MR) is 140 cm³/mol. The second kappa shape index (κ2) is 14.9. The topological polar surface area (TPSA) is 122 Å². The van der Waals surface area contributed by atoms with E-state index in [4.69, 9.17) is 14.6 Å². The van der Waals surface area contributed by atoms with Crippen molar-refractivity contribution in [3.63, 3.8) is 0 Å². The number of hydrogen-bond donors (Lipinski definition) is 4. The zero-order valence-corrected chi connectivity index (χ0v) is 21.9. The first kappa shape index (κ1) is 30.5. The van der Waals surface area contributed by atoms with Gasteiger partial charge in [0.25, 0.3) is 0 Å². The third-order valence-electron chi connectivity index (χ3n) is 5.16. The number of hydrogen-bond acceptors (Lipinski definition) is 7. The molecule has 0 saturated carbocycles. The number of phenolic OH excluding ortho intramolecular Hbond substituents is 1. The van der Waals surface area contributed by atoms with Crippen LogP contribution in [-0.2, 0) is 9.53 Å². The van der Waals surface area contributed by atoms with E-state index in [9.17, 15) is 18.7 Å². The number of alkyl halides is 2. The van der Waals surface area contributed by atoms with Gasteiger partial charge in [0, 0.05) is 26.6 Å². The molecule has 38 heavy (non-hydrogen) atoms. The maximum Gasteiger partial charge on any atom is 0.394 e. The number of nitrogens with zero attached hydrogens (tertiary/aromatic N) is 1. The van der Waals surface area contributed by atoms with E-state index in [0.29, 0.717) is 18.3 Å². The summed E-state index contributed by atoms with van der Waals surface area (Å²) in [5.74, 6) is -0.359. The van der Waals surface area contributed by atoms with E-state index >= 15 is 0 Å². The van der Waals surface area contributed by atoms with Crippen LogP contribution in [0.15, 0.2) is 59.1 Å². The summed E-state index contributed by atoms with van der Waals surface area (Å²) in [6, 6.07) is 12.4. The first-order valence-electron chi connectivity index (χ1n) is 12.0. The van der Waals surface area contributed by atoms with Gasteiger partial charge in [0.1, 0.15) is 23.1 Å².